The molecule has 0 N–H and O–H groups in total. The molecule has 1 aliphatic carbocycles. The molecule has 120 valence electrons. The molecule has 0 amide bonds. The van der Waals surface area contributed by atoms with E-state index in [0.717, 1.165) is 19.3 Å². The zero-order chi connectivity index (χ0) is 16.1. The standard InChI is InChI=1S/C19H19ClO2Se/c20-16-11-5-4-10-15(16)19(21)22-17-12-6-7-13-18(17)23-14-8-2-1-3-9-14/h1-5,8-11,17-18H,6-7,12-13H2. The second-order valence-corrected chi connectivity index (χ2v) is 8.84. The van der Waals surface area contributed by atoms with Crippen molar-refractivity contribution in [2.45, 2.75) is 36.6 Å². The van der Waals surface area contributed by atoms with Crippen molar-refractivity contribution in [3.63, 3.8) is 0 Å². The van der Waals surface area contributed by atoms with E-state index in [4.69, 9.17) is 16.3 Å². The third-order valence-corrected chi connectivity index (χ3v) is 7.26. The average Bonchev–Trinajstić information content (AvgIpc) is 2.58. The van der Waals surface area contributed by atoms with Gasteiger partial charge in [-0.1, -0.05) is 0 Å². The van der Waals surface area contributed by atoms with Crippen molar-refractivity contribution in [1.82, 2.24) is 0 Å². The number of hydrogen-bond donors (Lipinski definition) is 0. The summed E-state index contributed by atoms with van der Waals surface area (Å²) in [5.74, 6) is -0.295. The fraction of sp³-hybridized carbons (Fsp3) is 0.316. The van der Waals surface area contributed by atoms with Gasteiger partial charge in [-0.25, -0.2) is 0 Å². The monoisotopic (exact) mass is 394 g/mol. The molecule has 1 aliphatic rings. The van der Waals surface area contributed by atoms with E-state index >= 15 is 0 Å². The van der Waals surface area contributed by atoms with Crippen molar-refractivity contribution < 1.29 is 9.53 Å². The second kappa shape index (κ2) is 8.01. The number of hydrogen-bond acceptors (Lipinski definition) is 2. The summed E-state index contributed by atoms with van der Waals surface area (Å²) in [6, 6.07) is 17.6. The maximum atomic E-state index is 12.4. The number of carbonyl (C=O) groups is 1. The Labute approximate surface area is 148 Å². The van der Waals surface area contributed by atoms with E-state index in [0.29, 0.717) is 30.4 Å². The first-order valence-corrected chi connectivity index (χ1v) is 10.1. The first kappa shape index (κ1) is 16.6. The summed E-state index contributed by atoms with van der Waals surface area (Å²) < 4.78 is 7.20. The Morgan fingerprint density at radius 3 is 2.48 bits per heavy atom. The molecule has 1 saturated carbocycles. The number of ether oxygens (including phenoxy) is 1. The van der Waals surface area contributed by atoms with Crippen LogP contribution in [0.5, 0.6) is 0 Å². The van der Waals surface area contributed by atoms with Gasteiger partial charge in [0.25, 0.3) is 0 Å². The molecule has 0 aromatic heterocycles. The summed E-state index contributed by atoms with van der Waals surface area (Å²) in [7, 11) is 0. The fourth-order valence-corrected chi connectivity index (χ4v) is 5.76. The van der Waals surface area contributed by atoms with E-state index in [1.165, 1.54) is 10.9 Å². The van der Waals surface area contributed by atoms with E-state index in [1.807, 2.05) is 18.2 Å². The Bertz CT molecular complexity index is 659. The van der Waals surface area contributed by atoms with Crippen molar-refractivity contribution >= 4 is 37.0 Å². The summed E-state index contributed by atoms with van der Waals surface area (Å²) in [5, 5.41) is 0.457. The molecule has 4 heteroatoms. The number of benzene rings is 2. The molecule has 0 spiro atoms. The first-order valence-electron chi connectivity index (χ1n) is 7.91. The van der Waals surface area contributed by atoms with E-state index in [-0.39, 0.29) is 12.1 Å². The summed E-state index contributed by atoms with van der Waals surface area (Å²) in [5.41, 5.74) is 0.464. The van der Waals surface area contributed by atoms with Gasteiger partial charge in [-0.05, 0) is 0 Å². The van der Waals surface area contributed by atoms with Crippen molar-refractivity contribution in [1.29, 1.82) is 0 Å². The summed E-state index contributed by atoms with van der Waals surface area (Å²) in [6.45, 7) is 0. The van der Waals surface area contributed by atoms with Gasteiger partial charge in [-0.15, -0.1) is 0 Å². The molecule has 0 aliphatic heterocycles. The Balaban J connectivity index is 1.69. The van der Waals surface area contributed by atoms with Crippen LogP contribution < -0.4 is 4.46 Å². The summed E-state index contributed by atoms with van der Waals surface area (Å²) in [4.78, 5) is 12.9. The van der Waals surface area contributed by atoms with E-state index in [2.05, 4.69) is 24.3 Å². The molecule has 2 aromatic rings. The van der Waals surface area contributed by atoms with Crippen LogP contribution in [-0.2, 0) is 4.74 Å². The second-order valence-electron chi connectivity index (χ2n) is 5.68. The SMILES string of the molecule is O=C(OC1CCCCC1[Se]c1ccccc1)c1ccccc1Cl. The molecule has 23 heavy (non-hydrogen) atoms. The van der Waals surface area contributed by atoms with E-state index in [1.54, 1.807) is 12.1 Å². The van der Waals surface area contributed by atoms with Gasteiger partial charge < -0.3 is 0 Å². The molecule has 3 rings (SSSR count). The van der Waals surface area contributed by atoms with Gasteiger partial charge in [0.2, 0.25) is 0 Å². The van der Waals surface area contributed by atoms with Crippen LogP contribution in [0.25, 0.3) is 0 Å². The molecule has 2 aromatic carbocycles. The molecule has 2 nitrogen and oxygen atoms in total. The van der Waals surface area contributed by atoms with Crippen LogP contribution >= 0.6 is 11.6 Å². The number of esters is 1. The first-order chi connectivity index (χ1) is 11.2. The molecule has 0 saturated heterocycles. The van der Waals surface area contributed by atoms with Crippen molar-refractivity contribution in [2.24, 2.45) is 0 Å². The van der Waals surface area contributed by atoms with Crippen LogP contribution in [0, 0.1) is 0 Å². The molecular weight excluding hydrogens is 375 g/mol. The zero-order valence-electron chi connectivity index (χ0n) is 12.8. The van der Waals surface area contributed by atoms with E-state index < -0.39 is 0 Å². The number of rotatable bonds is 4. The molecule has 0 radical (unpaired) electrons. The van der Waals surface area contributed by atoms with Crippen molar-refractivity contribution in [2.75, 3.05) is 0 Å². The predicted molar refractivity (Wildman–Crippen MR) is 94.7 cm³/mol. The Morgan fingerprint density at radius 1 is 1.00 bits per heavy atom. The Kier molecular flexibility index (Phi) is 5.77. The Morgan fingerprint density at radius 2 is 1.70 bits per heavy atom. The van der Waals surface area contributed by atoms with Crippen LogP contribution in [0.3, 0.4) is 0 Å². The molecule has 0 heterocycles. The minimum absolute atomic E-state index is 0.00716. The van der Waals surface area contributed by atoms with Crippen molar-refractivity contribution in [3.8, 4) is 0 Å². The van der Waals surface area contributed by atoms with Gasteiger partial charge in [0.15, 0.2) is 0 Å². The topological polar surface area (TPSA) is 26.3 Å². The molecule has 2 atom stereocenters. The van der Waals surface area contributed by atoms with Gasteiger partial charge in [-0.2, -0.15) is 0 Å². The maximum absolute atomic E-state index is 12.4. The Hall–Kier alpha value is -1.28. The van der Waals surface area contributed by atoms with Gasteiger partial charge in [-0.3, -0.25) is 0 Å². The van der Waals surface area contributed by atoms with Gasteiger partial charge in [0.1, 0.15) is 0 Å². The van der Waals surface area contributed by atoms with Crippen LogP contribution in [-0.4, -0.2) is 27.0 Å². The van der Waals surface area contributed by atoms with Gasteiger partial charge in [0, 0.05) is 0 Å². The van der Waals surface area contributed by atoms with Gasteiger partial charge >= 0.3 is 148 Å². The van der Waals surface area contributed by atoms with Crippen LogP contribution in [0.2, 0.25) is 9.84 Å². The van der Waals surface area contributed by atoms with Crippen LogP contribution in [0.4, 0.5) is 0 Å². The zero-order valence-corrected chi connectivity index (χ0v) is 15.3. The van der Waals surface area contributed by atoms with Crippen LogP contribution in [0.15, 0.2) is 54.6 Å². The predicted octanol–water partition coefficient (Wildman–Crippen LogP) is 4.26. The summed E-state index contributed by atoms with van der Waals surface area (Å²) >= 11 is 6.43. The molecular formula is C19H19ClO2Se. The quantitative estimate of drug-likeness (QED) is 0.573. The normalized spacial score (nSPS) is 20.9. The number of halogens is 1. The molecule has 1 fully saturated rings. The third-order valence-electron chi connectivity index (χ3n) is 4.02. The molecule has 2 unspecified atom stereocenters. The third kappa shape index (κ3) is 4.38. The number of carbonyl (C=O) groups excluding carboxylic acids is 1. The molecule has 0 bridgehead atoms. The fourth-order valence-electron chi connectivity index (χ4n) is 2.83. The summed E-state index contributed by atoms with van der Waals surface area (Å²) in [6.07, 6.45) is 4.44. The van der Waals surface area contributed by atoms with Crippen LogP contribution in [0.1, 0.15) is 36.0 Å². The minimum atomic E-state index is -0.295. The average molecular weight is 394 g/mol. The van der Waals surface area contributed by atoms with E-state index in [9.17, 15) is 4.79 Å². The van der Waals surface area contributed by atoms with Crippen molar-refractivity contribution in [3.05, 3.63) is 65.2 Å². The van der Waals surface area contributed by atoms with Gasteiger partial charge in [0.05, 0.1) is 0 Å².